The van der Waals surface area contributed by atoms with Gasteiger partial charge in [0.1, 0.15) is 30.8 Å². The van der Waals surface area contributed by atoms with Crippen LogP contribution in [0.25, 0.3) is 0 Å². The maximum Gasteiger partial charge on any atom is 0.143 e. The van der Waals surface area contributed by atoms with Crippen LogP contribution in [0.4, 0.5) is 34.1 Å². The second kappa shape index (κ2) is 21.1. The van der Waals surface area contributed by atoms with Crippen LogP contribution in [0.3, 0.4) is 0 Å². The first-order valence-corrected chi connectivity index (χ1v) is 20.1. The molecule has 6 aromatic rings. The fourth-order valence-electron chi connectivity index (χ4n) is 6.61. The third-order valence-corrected chi connectivity index (χ3v) is 9.69. The first-order chi connectivity index (χ1) is 28.5. The molecule has 6 rings (SSSR count). The Bertz CT molecular complexity index is 1940. The summed E-state index contributed by atoms with van der Waals surface area (Å²) in [4.78, 5) is 4.47. The molecule has 298 valence electrons. The first kappa shape index (κ1) is 41.1. The summed E-state index contributed by atoms with van der Waals surface area (Å²) in [5, 5.41) is 24.9. The molecule has 0 aliphatic rings. The third-order valence-electron chi connectivity index (χ3n) is 9.69. The molecular weight excluding hydrogens is 721 g/mol. The Labute approximate surface area is 343 Å². The van der Waals surface area contributed by atoms with Crippen molar-refractivity contribution in [2.45, 2.75) is 33.8 Å². The summed E-state index contributed by atoms with van der Waals surface area (Å²) in [6.07, 6.45) is 2.77. The Balaban J connectivity index is 1.20. The van der Waals surface area contributed by atoms with E-state index in [2.05, 4.69) is 49.6 Å². The lowest BCUT2D eigenvalue weighted by Crippen LogP contribution is -2.28. The highest BCUT2D eigenvalue weighted by Gasteiger charge is 2.17. The van der Waals surface area contributed by atoms with E-state index >= 15 is 0 Å². The van der Waals surface area contributed by atoms with Gasteiger partial charge in [-0.1, -0.05) is 84.9 Å². The van der Waals surface area contributed by atoms with Gasteiger partial charge < -0.3 is 24.4 Å². The van der Waals surface area contributed by atoms with Gasteiger partial charge in [0, 0.05) is 26.2 Å². The second-order valence-electron chi connectivity index (χ2n) is 13.5. The molecule has 0 atom stereocenters. The highest BCUT2D eigenvalue weighted by atomic mass is 16.5. The summed E-state index contributed by atoms with van der Waals surface area (Å²) in [6.45, 7) is 11.8. The summed E-state index contributed by atoms with van der Waals surface area (Å²) in [6, 6.07) is 52.4. The monoisotopic (exact) mass is 774 g/mol. The van der Waals surface area contributed by atoms with Gasteiger partial charge in [0.2, 0.25) is 0 Å². The van der Waals surface area contributed by atoms with Crippen molar-refractivity contribution in [3.63, 3.8) is 0 Å². The van der Waals surface area contributed by atoms with Crippen LogP contribution >= 0.6 is 0 Å². The predicted octanol–water partition coefficient (Wildman–Crippen LogP) is 10.5. The van der Waals surface area contributed by atoms with Crippen LogP contribution < -0.4 is 29.3 Å². The predicted molar refractivity (Wildman–Crippen MR) is 242 cm³/mol. The van der Waals surface area contributed by atoms with Crippen molar-refractivity contribution < 1.29 is 14.6 Å². The molecule has 0 heterocycles. The number of hydrazone groups is 2. The molecule has 0 radical (unpaired) electrons. The molecule has 0 saturated carbocycles. The zero-order valence-electron chi connectivity index (χ0n) is 33.9. The molecule has 0 fully saturated rings. The summed E-state index contributed by atoms with van der Waals surface area (Å²) in [5.74, 6) is 1.34. The van der Waals surface area contributed by atoms with Crippen molar-refractivity contribution in [3.05, 3.63) is 169 Å². The molecule has 9 heteroatoms. The van der Waals surface area contributed by atoms with Crippen molar-refractivity contribution in [2.24, 2.45) is 10.2 Å². The summed E-state index contributed by atoms with van der Waals surface area (Å²) in [5.41, 5.74) is 7.45. The van der Waals surface area contributed by atoms with E-state index in [1.807, 2.05) is 168 Å². The van der Waals surface area contributed by atoms with E-state index in [9.17, 15) is 5.11 Å². The number of nitrogens with zero attached hydrogens (tertiary/aromatic N) is 6. The molecule has 6 aromatic carbocycles. The van der Waals surface area contributed by atoms with E-state index in [4.69, 9.17) is 19.7 Å². The van der Waals surface area contributed by atoms with E-state index in [1.165, 1.54) is 0 Å². The normalized spacial score (nSPS) is 11.7. The number of aliphatic hydroxyl groups is 1. The molecule has 0 aromatic heterocycles. The highest BCUT2D eigenvalue weighted by Crippen LogP contribution is 2.33. The summed E-state index contributed by atoms with van der Waals surface area (Å²) < 4.78 is 12.8. The molecule has 0 amide bonds. The van der Waals surface area contributed by atoms with Gasteiger partial charge >= 0.3 is 0 Å². The van der Waals surface area contributed by atoms with E-state index in [0.29, 0.717) is 11.5 Å². The van der Waals surface area contributed by atoms with E-state index in [-0.39, 0.29) is 13.2 Å². The molecule has 0 saturated heterocycles. The lowest BCUT2D eigenvalue weighted by Gasteiger charge is -2.26. The van der Waals surface area contributed by atoms with Crippen LogP contribution in [0.5, 0.6) is 11.5 Å². The number of hydrogen-bond acceptors (Lipinski definition) is 9. The number of benzene rings is 6. The average Bonchev–Trinajstić information content (AvgIpc) is 3.28. The van der Waals surface area contributed by atoms with Crippen LogP contribution in [0.1, 0.15) is 38.8 Å². The van der Waals surface area contributed by atoms with Crippen LogP contribution in [0, 0.1) is 0 Å². The lowest BCUT2D eigenvalue weighted by atomic mass is 10.1. The first-order valence-electron chi connectivity index (χ1n) is 20.1. The average molecular weight is 775 g/mol. The number of rotatable bonds is 20. The van der Waals surface area contributed by atoms with Crippen LogP contribution in [0.15, 0.2) is 168 Å². The standard InChI is InChI=1S/C49H54N6O3/c1-5-52(6-2)46-31-29-39(35-50-54(41-21-13-9-14-22-41)42-23-15-10-16-24-42)33-48(46)57-37-45(56)38-58-49-34-40(30-32-47(49)53(7-3)8-4)36-51-55(43-25-17-11-18-26-43)44-27-19-12-20-28-44/h9-36,45,56H,5-8,37-38H2,1-4H3. The van der Waals surface area contributed by atoms with Gasteiger partial charge in [-0.2, -0.15) is 10.2 Å². The number of ether oxygens (including phenoxy) is 2. The Hall–Kier alpha value is -6.58. The molecule has 0 unspecified atom stereocenters. The SMILES string of the molecule is CCN(CC)c1ccc(C=NN(c2ccccc2)c2ccccc2)cc1OCC(O)COc1cc(C=NN(c2ccccc2)c2ccccc2)ccc1N(CC)CC. The van der Waals surface area contributed by atoms with Crippen LogP contribution in [-0.2, 0) is 0 Å². The Kier molecular flexibility index (Phi) is 14.9. The van der Waals surface area contributed by atoms with Crippen LogP contribution in [-0.4, -0.2) is 63.0 Å². The van der Waals surface area contributed by atoms with Crippen molar-refractivity contribution in [1.29, 1.82) is 0 Å². The van der Waals surface area contributed by atoms with Crippen LogP contribution in [0.2, 0.25) is 0 Å². The van der Waals surface area contributed by atoms with E-state index in [0.717, 1.165) is 71.4 Å². The molecule has 0 aliphatic heterocycles. The number of hydrogen-bond donors (Lipinski definition) is 1. The van der Waals surface area contributed by atoms with E-state index in [1.54, 1.807) is 0 Å². The zero-order valence-corrected chi connectivity index (χ0v) is 33.9. The van der Waals surface area contributed by atoms with Gasteiger partial charge in [0.25, 0.3) is 0 Å². The van der Waals surface area contributed by atoms with Crippen molar-refractivity contribution in [2.75, 3.05) is 59.2 Å². The van der Waals surface area contributed by atoms with Gasteiger partial charge in [0.05, 0.1) is 46.6 Å². The number of anilines is 6. The molecule has 9 nitrogen and oxygen atoms in total. The summed E-state index contributed by atoms with van der Waals surface area (Å²) in [7, 11) is 0. The zero-order chi connectivity index (χ0) is 40.5. The molecular formula is C49H54N6O3. The minimum atomic E-state index is -0.901. The maximum absolute atomic E-state index is 11.3. The fourth-order valence-corrected chi connectivity index (χ4v) is 6.61. The number of aliphatic hydroxyl groups excluding tert-OH is 1. The third kappa shape index (κ3) is 10.8. The smallest absolute Gasteiger partial charge is 0.143 e. The van der Waals surface area contributed by atoms with Gasteiger partial charge in [-0.15, -0.1) is 0 Å². The van der Waals surface area contributed by atoms with E-state index < -0.39 is 6.10 Å². The van der Waals surface area contributed by atoms with Crippen molar-refractivity contribution >= 4 is 46.6 Å². The molecule has 0 aliphatic carbocycles. The molecule has 0 bridgehead atoms. The molecule has 1 N–H and O–H groups in total. The highest BCUT2D eigenvalue weighted by molar-refractivity contribution is 5.85. The van der Waals surface area contributed by atoms with Gasteiger partial charge in [-0.05, 0) is 112 Å². The van der Waals surface area contributed by atoms with Gasteiger partial charge in [0.15, 0.2) is 0 Å². The Morgan fingerprint density at radius 3 is 1.07 bits per heavy atom. The number of para-hydroxylation sites is 4. The molecule has 0 spiro atoms. The minimum absolute atomic E-state index is 0.0416. The van der Waals surface area contributed by atoms with Crippen molar-refractivity contribution in [3.8, 4) is 11.5 Å². The fraction of sp³-hybridized carbons (Fsp3) is 0.224. The second-order valence-corrected chi connectivity index (χ2v) is 13.5. The largest absolute Gasteiger partial charge is 0.489 e. The minimum Gasteiger partial charge on any atom is -0.489 e. The topological polar surface area (TPSA) is 76.4 Å². The Morgan fingerprint density at radius 2 is 0.776 bits per heavy atom. The summed E-state index contributed by atoms with van der Waals surface area (Å²) >= 11 is 0. The Morgan fingerprint density at radius 1 is 0.466 bits per heavy atom. The molecule has 58 heavy (non-hydrogen) atoms. The lowest BCUT2D eigenvalue weighted by molar-refractivity contribution is 0.0629. The van der Waals surface area contributed by atoms with Gasteiger partial charge in [-0.25, -0.2) is 10.0 Å². The quantitative estimate of drug-likeness (QED) is 0.0611. The van der Waals surface area contributed by atoms with Gasteiger partial charge in [-0.3, -0.25) is 0 Å². The van der Waals surface area contributed by atoms with Crippen molar-refractivity contribution in [1.82, 2.24) is 0 Å². The maximum atomic E-state index is 11.3.